The summed E-state index contributed by atoms with van der Waals surface area (Å²) in [6.45, 7) is 6.75. The average molecular weight is 383 g/mol. The van der Waals surface area contributed by atoms with Gasteiger partial charge in [0, 0.05) is 23.4 Å². The van der Waals surface area contributed by atoms with E-state index >= 15 is 0 Å². The first-order valence-corrected chi connectivity index (χ1v) is 9.93. The zero-order valence-electron chi connectivity index (χ0n) is 17.1. The van der Waals surface area contributed by atoms with Crippen LogP contribution in [0.25, 0.3) is 0 Å². The molecule has 2 atom stereocenters. The second-order valence-electron chi connectivity index (χ2n) is 7.61. The molecule has 0 saturated carbocycles. The summed E-state index contributed by atoms with van der Waals surface area (Å²) >= 11 is 0. The standard InChI is InChI=1S/C24H25N5/c1-17-14-22(21-12-8-5-9-13-21)29(26-17)23(15-25)24-18(2)27-28(19(24)3)16-20-10-6-4-7-11-20/h4-13,22-23H,14,16H2,1-3H3/t22-,23-/m0/s1. The van der Waals surface area contributed by atoms with Gasteiger partial charge in [-0.05, 0) is 31.9 Å². The van der Waals surface area contributed by atoms with Crippen LogP contribution in [0.3, 0.4) is 0 Å². The minimum atomic E-state index is -0.470. The monoisotopic (exact) mass is 383 g/mol. The van der Waals surface area contributed by atoms with E-state index in [9.17, 15) is 5.26 Å². The number of rotatable bonds is 5. The summed E-state index contributed by atoms with van der Waals surface area (Å²) in [5, 5.41) is 21.6. The van der Waals surface area contributed by atoms with Gasteiger partial charge in [0.05, 0.1) is 24.3 Å². The molecule has 0 aliphatic carbocycles. The molecular weight excluding hydrogens is 358 g/mol. The third kappa shape index (κ3) is 3.66. The number of aromatic nitrogens is 2. The van der Waals surface area contributed by atoms with Gasteiger partial charge in [0.1, 0.15) is 0 Å². The van der Waals surface area contributed by atoms with E-state index in [0.29, 0.717) is 6.54 Å². The number of aryl methyl sites for hydroxylation is 1. The highest BCUT2D eigenvalue weighted by Gasteiger charge is 2.35. The Morgan fingerprint density at radius 3 is 2.34 bits per heavy atom. The molecule has 0 bridgehead atoms. The maximum Gasteiger partial charge on any atom is 0.162 e. The van der Waals surface area contributed by atoms with Gasteiger partial charge in [-0.25, -0.2) is 0 Å². The van der Waals surface area contributed by atoms with E-state index in [0.717, 1.165) is 29.1 Å². The van der Waals surface area contributed by atoms with E-state index in [1.54, 1.807) is 0 Å². The van der Waals surface area contributed by atoms with Gasteiger partial charge in [0.15, 0.2) is 6.04 Å². The van der Waals surface area contributed by atoms with Crippen LogP contribution in [-0.2, 0) is 6.54 Å². The molecular formula is C24H25N5. The molecule has 0 spiro atoms. The molecule has 146 valence electrons. The number of hydrogen-bond acceptors (Lipinski definition) is 4. The molecule has 5 nitrogen and oxygen atoms in total. The van der Waals surface area contributed by atoms with Crippen LogP contribution >= 0.6 is 0 Å². The van der Waals surface area contributed by atoms with Gasteiger partial charge in [-0.15, -0.1) is 0 Å². The van der Waals surface area contributed by atoms with Crippen molar-refractivity contribution in [2.75, 3.05) is 0 Å². The van der Waals surface area contributed by atoms with Gasteiger partial charge < -0.3 is 0 Å². The molecule has 0 fully saturated rings. The molecule has 3 aromatic rings. The Balaban J connectivity index is 1.70. The molecule has 0 amide bonds. The molecule has 0 radical (unpaired) electrons. The maximum atomic E-state index is 10.1. The van der Waals surface area contributed by atoms with E-state index in [1.165, 1.54) is 11.1 Å². The van der Waals surface area contributed by atoms with Crippen LogP contribution in [0.2, 0.25) is 0 Å². The molecule has 2 heterocycles. The van der Waals surface area contributed by atoms with Gasteiger partial charge in [-0.3, -0.25) is 9.69 Å². The quantitative estimate of drug-likeness (QED) is 0.627. The van der Waals surface area contributed by atoms with Crippen molar-refractivity contribution in [2.45, 2.75) is 45.8 Å². The van der Waals surface area contributed by atoms with E-state index in [4.69, 9.17) is 10.2 Å². The van der Waals surface area contributed by atoms with Crippen molar-refractivity contribution in [3.8, 4) is 6.07 Å². The predicted molar refractivity (Wildman–Crippen MR) is 114 cm³/mol. The fourth-order valence-electron chi connectivity index (χ4n) is 4.14. The van der Waals surface area contributed by atoms with Crippen LogP contribution < -0.4 is 0 Å². The van der Waals surface area contributed by atoms with E-state index < -0.39 is 6.04 Å². The molecule has 0 unspecified atom stereocenters. The largest absolute Gasteiger partial charge is 0.267 e. The van der Waals surface area contributed by atoms with Gasteiger partial charge in [-0.2, -0.15) is 15.5 Å². The van der Waals surface area contributed by atoms with Crippen molar-refractivity contribution in [1.29, 1.82) is 5.26 Å². The van der Waals surface area contributed by atoms with Crippen molar-refractivity contribution in [2.24, 2.45) is 5.10 Å². The van der Waals surface area contributed by atoms with E-state index in [1.807, 2.05) is 66.9 Å². The highest BCUT2D eigenvalue weighted by Crippen LogP contribution is 2.39. The Hall–Kier alpha value is -3.39. The molecule has 0 N–H and O–H groups in total. The Labute approximate surface area is 171 Å². The molecule has 4 rings (SSSR count). The summed E-state index contributed by atoms with van der Waals surface area (Å²) in [5.41, 5.74) is 6.28. The van der Waals surface area contributed by atoms with E-state index in [2.05, 4.69) is 30.3 Å². The Bertz CT molecular complexity index is 1060. The first kappa shape index (κ1) is 18.9. The molecule has 0 saturated heterocycles. The van der Waals surface area contributed by atoms with Crippen LogP contribution in [0.4, 0.5) is 0 Å². The maximum absolute atomic E-state index is 10.1. The Morgan fingerprint density at radius 2 is 1.69 bits per heavy atom. The first-order valence-electron chi connectivity index (χ1n) is 9.93. The zero-order chi connectivity index (χ0) is 20.4. The third-order valence-corrected chi connectivity index (χ3v) is 5.55. The molecule has 29 heavy (non-hydrogen) atoms. The fourth-order valence-corrected chi connectivity index (χ4v) is 4.14. The van der Waals surface area contributed by atoms with Gasteiger partial charge in [0.25, 0.3) is 0 Å². The minimum absolute atomic E-state index is 0.0668. The molecule has 5 heteroatoms. The van der Waals surface area contributed by atoms with Gasteiger partial charge >= 0.3 is 0 Å². The van der Waals surface area contributed by atoms with Crippen molar-refractivity contribution < 1.29 is 0 Å². The lowest BCUT2D eigenvalue weighted by Crippen LogP contribution is -2.25. The molecule has 1 aliphatic heterocycles. The lowest BCUT2D eigenvalue weighted by molar-refractivity contribution is 0.195. The SMILES string of the molecule is CC1=NN([C@@H](C#N)c2c(C)nn(Cc3ccccc3)c2C)[C@H](c2ccccc2)C1. The van der Waals surface area contributed by atoms with Crippen LogP contribution in [-0.4, -0.2) is 20.5 Å². The smallest absolute Gasteiger partial charge is 0.162 e. The van der Waals surface area contributed by atoms with Crippen molar-refractivity contribution in [3.05, 3.63) is 88.7 Å². The third-order valence-electron chi connectivity index (χ3n) is 5.55. The van der Waals surface area contributed by atoms with Crippen LogP contribution in [0, 0.1) is 25.2 Å². The molecule has 1 aromatic heterocycles. The predicted octanol–water partition coefficient (Wildman–Crippen LogP) is 4.94. The van der Waals surface area contributed by atoms with Crippen molar-refractivity contribution >= 4 is 5.71 Å². The normalized spacial score (nSPS) is 17.1. The number of hydrogen-bond donors (Lipinski definition) is 0. The Morgan fingerprint density at radius 1 is 1.03 bits per heavy atom. The number of nitriles is 1. The number of nitrogens with zero attached hydrogens (tertiary/aromatic N) is 5. The van der Waals surface area contributed by atoms with Gasteiger partial charge in [-0.1, -0.05) is 60.7 Å². The molecule has 1 aliphatic rings. The Kier molecular flexibility index (Phi) is 5.18. The van der Waals surface area contributed by atoms with Crippen LogP contribution in [0.5, 0.6) is 0 Å². The summed E-state index contributed by atoms with van der Waals surface area (Å²) in [5.74, 6) is 0. The fraction of sp³-hybridized carbons (Fsp3) is 0.292. The van der Waals surface area contributed by atoms with Crippen LogP contribution in [0.15, 0.2) is 65.8 Å². The first-order chi connectivity index (χ1) is 14.1. The number of benzene rings is 2. The van der Waals surface area contributed by atoms with Gasteiger partial charge in [0.2, 0.25) is 0 Å². The topological polar surface area (TPSA) is 57.2 Å². The van der Waals surface area contributed by atoms with Crippen LogP contribution in [0.1, 0.15) is 53.5 Å². The summed E-state index contributed by atoms with van der Waals surface area (Å²) < 4.78 is 1.99. The lowest BCUT2D eigenvalue weighted by atomic mass is 9.98. The second kappa shape index (κ2) is 7.92. The average Bonchev–Trinajstić information content (AvgIpc) is 3.25. The number of hydrazone groups is 1. The lowest BCUT2D eigenvalue weighted by Gasteiger charge is -2.28. The second-order valence-corrected chi connectivity index (χ2v) is 7.61. The van der Waals surface area contributed by atoms with Crippen molar-refractivity contribution in [3.63, 3.8) is 0 Å². The zero-order valence-corrected chi connectivity index (χ0v) is 17.1. The molecule has 2 aromatic carbocycles. The minimum Gasteiger partial charge on any atom is -0.267 e. The van der Waals surface area contributed by atoms with E-state index in [-0.39, 0.29) is 6.04 Å². The summed E-state index contributed by atoms with van der Waals surface area (Å²) in [6.07, 6.45) is 0.832. The summed E-state index contributed by atoms with van der Waals surface area (Å²) in [4.78, 5) is 0. The summed E-state index contributed by atoms with van der Waals surface area (Å²) in [7, 11) is 0. The van der Waals surface area contributed by atoms with Crippen molar-refractivity contribution in [1.82, 2.24) is 14.8 Å². The highest BCUT2D eigenvalue weighted by atomic mass is 15.5. The highest BCUT2D eigenvalue weighted by molar-refractivity contribution is 5.84. The summed E-state index contributed by atoms with van der Waals surface area (Å²) in [6, 6.07) is 22.7.